The van der Waals surface area contributed by atoms with Gasteiger partial charge in [-0.15, -0.1) is 0 Å². The highest BCUT2D eigenvalue weighted by atomic mass is 19.4. The monoisotopic (exact) mass is 304 g/mol. The predicted molar refractivity (Wildman–Crippen MR) is 79.9 cm³/mol. The summed E-state index contributed by atoms with van der Waals surface area (Å²) in [5, 5.41) is 0. The third kappa shape index (κ3) is 2.86. The van der Waals surface area contributed by atoms with E-state index >= 15 is 0 Å². The number of hydrogen-bond donors (Lipinski definition) is 0. The Morgan fingerprint density at radius 1 is 1.05 bits per heavy atom. The Labute approximate surface area is 127 Å². The summed E-state index contributed by atoms with van der Waals surface area (Å²) in [4.78, 5) is 0. The Morgan fingerprint density at radius 2 is 1.77 bits per heavy atom. The van der Waals surface area contributed by atoms with Crippen LogP contribution in [0.25, 0.3) is 6.08 Å². The maximum absolute atomic E-state index is 12.8. The van der Waals surface area contributed by atoms with Crippen LogP contribution in [0.1, 0.15) is 22.3 Å². The van der Waals surface area contributed by atoms with Crippen molar-refractivity contribution in [3.63, 3.8) is 0 Å². The van der Waals surface area contributed by atoms with Crippen LogP contribution in [0.2, 0.25) is 0 Å². The molecule has 22 heavy (non-hydrogen) atoms. The standard InChI is InChI=1S/C18H15F3O/c1-12-15(11-13-5-3-2-4-6-13)8-7-14-9-10-16(18(19,20)21)22-17(12)14/h2-10,16H,11H2,1H3. The van der Waals surface area contributed by atoms with Crippen molar-refractivity contribution < 1.29 is 17.9 Å². The van der Waals surface area contributed by atoms with Crippen LogP contribution in [0.5, 0.6) is 5.75 Å². The maximum Gasteiger partial charge on any atom is 0.429 e. The molecule has 0 bridgehead atoms. The fourth-order valence-electron chi connectivity index (χ4n) is 2.58. The minimum absolute atomic E-state index is 0.332. The molecule has 2 aromatic carbocycles. The number of hydrogen-bond acceptors (Lipinski definition) is 1. The first kappa shape index (κ1) is 14.7. The molecule has 1 unspecified atom stereocenters. The Morgan fingerprint density at radius 3 is 2.45 bits per heavy atom. The quantitative estimate of drug-likeness (QED) is 0.765. The van der Waals surface area contributed by atoms with Gasteiger partial charge in [0.05, 0.1) is 0 Å². The van der Waals surface area contributed by atoms with E-state index in [9.17, 15) is 13.2 Å². The minimum atomic E-state index is -4.39. The summed E-state index contributed by atoms with van der Waals surface area (Å²) in [6, 6.07) is 13.6. The highest BCUT2D eigenvalue weighted by molar-refractivity contribution is 5.64. The highest BCUT2D eigenvalue weighted by Gasteiger charge is 2.41. The second-order valence-electron chi connectivity index (χ2n) is 5.37. The fraction of sp³-hybridized carbons (Fsp3) is 0.222. The smallest absolute Gasteiger partial charge is 0.429 e. The average Bonchev–Trinajstić information content (AvgIpc) is 2.50. The molecule has 0 N–H and O–H groups in total. The van der Waals surface area contributed by atoms with Gasteiger partial charge in [-0.2, -0.15) is 13.2 Å². The molecule has 2 aromatic rings. The number of fused-ring (bicyclic) bond motifs is 1. The van der Waals surface area contributed by atoms with Crippen molar-refractivity contribution in [1.29, 1.82) is 0 Å². The number of rotatable bonds is 2. The highest BCUT2D eigenvalue weighted by Crippen LogP contribution is 2.37. The van der Waals surface area contributed by atoms with Crippen molar-refractivity contribution in [2.24, 2.45) is 0 Å². The van der Waals surface area contributed by atoms with E-state index in [0.29, 0.717) is 17.7 Å². The van der Waals surface area contributed by atoms with Gasteiger partial charge in [-0.3, -0.25) is 0 Å². The Balaban J connectivity index is 1.93. The van der Waals surface area contributed by atoms with Crippen molar-refractivity contribution in [1.82, 2.24) is 0 Å². The first-order valence-electron chi connectivity index (χ1n) is 7.03. The molecule has 0 aromatic heterocycles. The van der Waals surface area contributed by atoms with Gasteiger partial charge in [0, 0.05) is 5.56 Å². The molecule has 114 valence electrons. The SMILES string of the molecule is Cc1c(Cc2ccccc2)ccc2c1OC(C(F)(F)F)C=C2. The van der Waals surface area contributed by atoms with Crippen LogP contribution in [0, 0.1) is 6.92 Å². The zero-order chi connectivity index (χ0) is 15.7. The number of alkyl halides is 3. The van der Waals surface area contributed by atoms with Gasteiger partial charge in [0.1, 0.15) is 5.75 Å². The van der Waals surface area contributed by atoms with Crippen LogP contribution in [-0.2, 0) is 6.42 Å². The van der Waals surface area contributed by atoms with Crippen LogP contribution in [0.3, 0.4) is 0 Å². The van der Waals surface area contributed by atoms with Crippen molar-refractivity contribution >= 4 is 6.08 Å². The van der Waals surface area contributed by atoms with Gasteiger partial charge >= 0.3 is 6.18 Å². The molecule has 0 aliphatic carbocycles. The van der Waals surface area contributed by atoms with Crippen molar-refractivity contribution in [2.75, 3.05) is 0 Å². The average molecular weight is 304 g/mol. The maximum atomic E-state index is 12.8. The van der Waals surface area contributed by atoms with E-state index in [4.69, 9.17) is 4.74 Å². The van der Waals surface area contributed by atoms with Crippen LogP contribution in [0.4, 0.5) is 13.2 Å². The Bertz CT molecular complexity index is 702. The van der Waals surface area contributed by atoms with E-state index in [1.807, 2.05) is 49.4 Å². The van der Waals surface area contributed by atoms with Gasteiger partial charge < -0.3 is 4.74 Å². The fourth-order valence-corrected chi connectivity index (χ4v) is 2.58. The van der Waals surface area contributed by atoms with Crippen molar-refractivity contribution in [3.8, 4) is 5.75 Å². The lowest BCUT2D eigenvalue weighted by Crippen LogP contribution is -2.34. The third-order valence-electron chi connectivity index (χ3n) is 3.80. The molecule has 4 heteroatoms. The lowest BCUT2D eigenvalue weighted by atomic mass is 9.96. The molecular weight excluding hydrogens is 289 g/mol. The van der Waals surface area contributed by atoms with Gasteiger partial charge in [0.25, 0.3) is 0 Å². The molecule has 1 heterocycles. The number of halogens is 3. The summed E-state index contributed by atoms with van der Waals surface area (Å²) in [6.45, 7) is 1.81. The molecule has 0 saturated carbocycles. The first-order valence-corrected chi connectivity index (χ1v) is 7.03. The van der Waals surface area contributed by atoms with E-state index in [-0.39, 0.29) is 0 Å². The van der Waals surface area contributed by atoms with Gasteiger partial charge in [-0.1, -0.05) is 48.5 Å². The second kappa shape index (κ2) is 5.52. The molecule has 0 radical (unpaired) electrons. The minimum Gasteiger partial charge on any atom is -0.476 e. The topological polar surface area (TPSA) is 9.23 Å². The van der Waals surface area contributed by atoms with Crippen LogP contribution >= 0.6 is 0 Å². The summed E-state index contributed by atoms with van der Waals surface area (Å²) in [7, 11) is 0. The zero-order valence-electron chi connectivity index (χ0n) is 12.0. The lowest BCUT2D eigenvalue weighted by Gasteiger charge is -2.25. The lowest BCUT2D eigenvalue weighted by molar-refractivity contribution is -0.180. The Hall–Kier alpha value is -2.23. The third-order valence-corrected chi connectivity index (χ3v) is 3.80. The van der Waals surface area contributed by atoms with Crippen LogP contribution in [-0.4, -0.2) is 12.3 Å². The normalized spacial score (nSPS) is 17.0. The van der Waals surface area contributed by atoms with Crippen molar-refractivity contribution in [2.45, 2.75) is 25.6 Å². The summed E-state index contributed by atoms with van der Waals surface area (Å²) >= 11 is 0. The molecule has 1 aliphatic heterocycles. The Kier molecular flexibility index (Phi) is 3.69. The summed E-state index contributed by atoms with van der Waals surface area (Å²) in [6.07, 6.45) is -3.06. The summed E-state index contributed by atoms with van der Waals surface area (Å²) < 4.78 is 43.7. The number of benzene rings is 2. The summed E-state index contributed by atoms with van der Waals surface area (Å²) in [5.74, 6) is 0.332. The summed E-state index contributed by atoms with van der Waals surface area (Å²) in [5.41, 5.74) is 3.54. The molecule has 1 atom stereocenters. The van der Waals surface area contributed by atoms with Crippen LogP contribution < -0.4 is 4.74 Å². The molecule has 3 rings (SSSR count). The van der Waals surface area contributed by atoms with Gasteiger partial charge in [0.2, 0.25) is 6.10 Å². The number of ether oxygens (including phenoxy) is 1. The van der Waals surface area contributed by atoms with Gasteiger partial charge in [0.15, 0.2) is 0 Å². The molecule has 1 aliphatic rings. The van der Waals surface area contributed by atoms with E-state index in [0.717, 1.165) is 22.8 Å². The van der Waals surface area contributed by atoms with E-state index in [1.54, 1.807) is 0 Å². The first-order chi connectivity index (χ1) is 10.4. The molecule has 1 nitrogen and oxygen atoms in total. The predicted octanol–water partition coefficient (Wildman–Crippen LogP) is 4.92. The van der Waals surface area contributed by atoms with E-state index in [2.05, 4.69) is 0 Å². The van der Waals surface area contributed by atoms with Crippen LogP contribution in [0.15, 0.2) is 48.5 Å². The van der Waals surface area contributed by atoms with E-state index < -0.39 is 12.3 Å². The van der Waals surface area contributed by atoms with E-state index in [1.165, 1.54) is 6.08 Å². The second-order valence-corrected chi connectivity index (χ2v) is 5.37. The molecule has 0 saturated heterocycles. The zero-order valence-corrected chi connectivity index (χ0v) is 12.0. The van der Waals surface area contributed by atoms with Gasteiger partial charge in [-0.05, 0) is 36.1 Å². The molecular formula is C18H15F3O. The van der Waals surface area contributed by atoms with Crippen molar-refractivity contribution in [3.05, 3.63) is 70.8 Å². The van der Waals surface area contributed by atoms with Gasteiger partial charge in [-0.25, -0.2) is 0 Å². The molecule has 0 spiro atoms. The molecule has 0 fully saturated rings. The largest absolute Gasteiger partial charge is 0.476 e. The molecule has 0 amide bonds.